The van der Waals surface area contributed by atoms with Crippen molar-refractivity contribution < 1.29 is 4.52 Å². The minimum atomic E-state index is 0.325. The molecule has 3 heterocycles. The molecule has 0 saturated heterocycles. The standard InChI is InChI=1S/C13H11N5O/c1-8-5-6-15-10(7-8)12-17-13(19-18-12)9-3-2-4-11(14)16-9/h2-7H,1H3,(H2,14,16). The van der Waals surface area contributed by atoms with Crippen molar-refractivity contribution in [3.05, 3.63) is 42.1 Å². The summed E-state index contributed by atoms with van der Waals surface area (Å²) >= 11 is 0. The number of hydrogen-bond donors (Lipinski definition) is 1. The second-order valence-electron chi connectivity index (χ2n) is 4.09. The average molecular weight is 253 g/mol. The molecule has 0 aliphatic rings. The van der Waals surface area contributed by atoms with Crippen LogP contribution in [0.5, 0.6) is 0 Å². The summed E-state index contributed by atoms with van der Waals surface area (Å²) in [6.07, 6.45) is 1.71. The molecule has 3 aromatic heterocycles. The first-order chi connectivity index (χ1) is 9.22. The molecule has 0 aliphatic carbocycles. The third kappa shape index (κ3) is 2.28. The van der Waals surface area contributed by atoms with E-state index in [0.29, 0.717) is 28.9 Å². The van der Waals surface area contributed by atoms with Gasteiger partial charge in [-0.05, 0) is 36.8 Å². The maximum atomic E-state index is 5.62. The lowest BCUT2D eigenvalue weighted by atomic mass is 10.2. The summed E-state index contributed by atoms with van der Waals surface area (Å²) in [4.78, 5) is 12.6. The van der Waals surface area contributed by atoms with Gasteiger partial charge in [0.1, 0.15) is 17.2 Å². The Morgan fingerprint density at radius 2 is 2.00 bits per heavy atom. The minimum absolute atomic E-state index is 0.325. The summed E-state index contributed by atoms with van der Waals surface area (Å²) in [5.41, 5.74) is 7.92. The molecule has 0 radical (unpaired) electrons. The quantitative estimate of drug-likeness (QED) is 0.751. The van der Waals surface area contributed by atoms with E-state index in [2.05, 4.69) is 20.1 Å². The summed E-state index contributed by atoms with van der Waals surface area (Å²) in [5.74, 6) is 1.17. The summed E-state index contributed by atoms with van der Waals surface area (Å²) in [7, 11) is 0. The highest BCUT2D eigenvalue weighted by Crippen LogP contribution is 2.20. The van der Waals surface area contributed by atoms with Gasteiger partial charge >= 0.3 is 0 Å². The first-order valence-electron chi connectivity index (χ1n) is 5.72. The molecule has 0 fully saturated rings. The summed E-state index contributed by atoms with van der Waals surface area (Å²) in [5, 5.41) is 3.90. The Labute approximate surface area is 109 Å². The Hall–Kier alpha value is -2.76. The predicted octanol–water partition coefficient (Wildman–Crippen LogP) is 2.08. The van der Waals surface area contributed by atoms with Gasteiger partial charge in [-0.25, -0.2) is 4.98 Å². The number of anilines is 1. The molecule has 0 spiro atoms. The Kier molecular flexibility index (Phi) is 2.68. The van der Waals surface area contributed by atoms with Crippen molar-refractivity contribution in [3.8, 4) is 23.1 Å². The number of aryl methyl sites for hydroxylation is 1. The third-order valence-corrected chi connectivity index (χ3v) is 2.56. The van der Waals surface area contributed by atoms with Crippen molar-refractivity contribution in [2.45, 2.75) is 6.92 Å². The van der Waals surface area contributed by atoms with Crippen LogP contribution >= 0.6 is 0 Å². The lowest BCUT2D eigenvalue weighted by molar-refractivity contribution is 0.431. The van der Waals surface area contributed by atoms with Crippen LogP contribution in [0.1, 0.15) is 5.56 Å². The van der Waals surface area contributed by atoms with Crippen LogP contribution in [0, 0.1) is 6.92 Å². The molecule has 6 heteroatoms. The summed E-state index contributed by atoms with van der Waals surface area (Å²) < 4.78 is 5.18. The molecule has 0 aromatic carbocycles. The van der Waals surface area contributed by atoms with E-state index in [1.807, 2.05) is 19.1 Å². The minimum Gasteiger partial charge on any atom is -0.384 e. The van der Waals surface area contributed by atoms with Crippen LogP contribution in [0.25, 0.3) is 23.1 Å². The van der Waals surface area contributed by atoms with Gasteiger partial charge in [-0.15, -0.1) is 0 Å². The topological polar surface area (TPSA) is 90.7 Å². The van der Waals surface area contributed by atoms with Crippen molar-refractivity contribution in [1.82, 2.24) is 20.1 Å². The van der Waals surface area contributed by atoms with Crippen molar-refractivity contribution in [3.63, 3.8) is 0 Å². The fourth-order valence-electron chi connectivity index (χ4n) is 1.66. The smallest absolute Gasteiger partial charge is 0.276 e. The molecule has 0 aliphatic heterocycles. The van der Waals surface area contributed by atoms with E-state index >= 15 is 0 Å². The van der Waals surface area contributed by atoms with Gasteiger partial charge in [0, 0.05) is 6.20 Å². The Morgan fingerprint density at radius 1 is 1.11 bits per heavy atom. The Balaban J connectivity index is 2.00. The van der Waals surface area contributed by atoms with Gasteiger partial charge in [-0.3, -0.25) is 4.98 Å². The van der Waals surface area contributed by atoms with Gasteiger partial charge < -0.3 is 10.3 Å². The molecule has 0 bridgehead atoms. The van der Waals surface area contributed by atoms with E-state index in [4.69, 9.17) is 10.3 Å². The normalized spacial score (nSPS) is 10.6. The molecule has 6 nitrogen and oxygen atoms in total. The van der Waals surface area contributed by atoms with Crippen molar-refractivity contribution in [2.75, 3.05) is 5.73 Å². The molecule has 0 atom stereocenters. The van der Waals surface area contributed by atoms with E-state index in [1.54, 1.807) is 24.4 Å². The molecule has 3 aromatic rings. The summed E-state index contributed by atoms with van der Waals surface area (Å²) in [6, 6.07) is 9.04. The van der Waals surface area contributed by atoms with Crippen LogP contribution < -0.4 is 5.73 Å². The fraction of sp³-hybridized carbons (Fsp3) is 0.0769. The van der Waals surface area contributed by atoms with E-state index in [1.165, 1.54) is 0 Å². The second-order valence-corrected chi connectivity index (χ2v) is 4.09. The Bertz CT molecular complexity index is 662. The zero-order valence-corrected chi connectivity index (χ0v) is 10.2. The van der Waals surface area contributed by atoms with Gasteiger partial charge in [0.05, 0.1) is 0 Å². The van der Waals surface area contributed by atoms with Crippen LogP contribution in [0.2, 0.25) is 0 Å². The average Bonchev–Trinajstić information content (AvgIpc) is 2.88. The van der Waals surface area contributed by atoms with E-state index in [-0.39, 0.29) is 0 Å². The predicted molar refractivity (Wildman–Crippen MR) is 69.9 cm³/mol. The van der Waals surface area contributed by atoms with Gasteiger partial charge in [-0.1, -0.05) is 11.2 Å². The van der Waals surface area contributed by atoms with Crippen LogP contribution in [0.4, 0.5) is 5.82 Å². The molecule has 0 saturated carbocycles. The van der Waals surface area contributed by atoms with E-state index in [0.717, 1.165) is 5.56 Å². The van der Waals surface area contributed by atoms with Crippen LogP contribution in [0.3, 0.4) is 0 Å². The highest BCUT2D eigenvalue weighted by molar-refractivity contribution is 5.55. The van der Waals surface area contributed by atoms with Crippen LogP contribution in [-0.2, 0) is 0 Å². The Morgan fingerprint density at radius 3 is 2.79 bits per heavy atom. The van der Waals surface area contributed by atoms with Crippen LogP contribution in [0.15, 0.2) is 41.1 Å². The molecule has 19 heavy (non-hydrogen) atoms. The zero-order valence-electron chi connectivity index (χ0n) is 10.2. The number of nitrogen functional groups attached to an aromatic ring is 1. The number of aromatic nitrogens is 4. The molecule has 0 unspecified atom stereocenters. The van der Waals surface area contributed by atoms with Gasteiger partial charge in [0.15, 0.2) is 0 Å². The van der Waals surface area contributed by atoms with Crippen molar-refractivity contribution in [1.29, 1.82) is 0 Å². The monoisotopic (exact) mass is 253 g/mol. The number of rotatable bonds is 2. The highest BCUT2D eigenvalue weighted by atomic mass is 16.5. The van der Waals surface area contributed by atoms with Crippen LogP contribution in [-0.4, -0.2) is 20.1 Å². The molecular weight excluding hydrogens is 242 g/mol. The van der Waals surface area contributed by atoms with Crippen molar-refractivity contribution >= 4 is 5.82 Å². The maximum absolute atomic E-state index is 5.62. The van der Waals surface area contributed by atoms with Gasteiger partial charge in [0.25, 0.3) is 5.89 Å². The molecule has 2 N–H and O–H groups in total. The lowest BCUT2D eigenvalue weighted by Crippen LogP contribution is -1.91. The molecule has 3 rings (SSSR count). The lowest BCUT2D eigenvalue weighted by Gasteiger charge is -1.95. The fourth-order valence-corrected chi connectivity index (χ4v) is 1.66. The largest absolute Gasteiger partial charge is 0.384 e. The van der Waals surface area contributed by atoms with E-state index < -0.39 is 0 Å². The molecule has 0 amide bonds. The van der Waals surface area contributed by atoms with Crippen molar-refractivity contribution in [2.24, 2.45) is 0 Å². The maximum Gasteiger partial charge on any atom is 0.276 e. The number of hydrogen-bond acceptors (Lipinski definition) is 6. The van der Waals surface area contributed by atoms with Gasteiger partial charge in [-0.2, -0.15) is 4.98 Å². The third-order valence-electron chi connectivity index (χ3n) is 2.56. The number of pyridine rings is 2. The first kappa shape index (κ1) is 11.3. The number of nitrogens with zero attached hydrogens (tertiary/aromatic N) is 4. The first-order valence-corrected chi connectivity index (χ1v) is 5.72. The molecular formula is C13H11N5O. The second kappa shape index (κ2) is 4.49. The number of nitrogens with two attached hydrogens (primary N) is 1. The zero-order chi connectivity index (χ0) is 13.2. The van der Waals surface area contributed by atoms with E-state index in [9.17, 15) is 0 Å². The highest BCUT2D eigenvalue weighted by Gasteiger charge is 2.12. The van der Waals surface area contributed by atoms with Gasteiger partial charge in [0.2, 0.25) is 5.82 Å². The molecule has 94 valence electrons. The summed E-state index contributed by atoms with van der Waals surface area (Å²) in [6.45, 7) is 1.98. The SMILES string of the molecule is Cc1ccnc(-c2noc(-c3cccc(N)n3)n2)c1.